The van der Waals surface area contributed by atoms with Crippen molar-refractivity contribution in [3.05, 3.63) is 23.8 Å². The Morgan fingerprint density at radius 2 is 1.92 bits per heavy atom. The van der Waals surface area contributed by atoms with E-state index < -0.39 is 6.04 Å². The van der Waals surface area contributed by atoms with Gasteiger partial charge in [0.05, 0.1) is 6.04 Å². The normalized spacial score (nSPS) is 23.3. The highest BCUT2D eigenvalue weighted by Crippen LogP contribution is 2.34. The summed E-state index contributed by atoms with van der Waals surface area (Å²) in [6.45, 7) is 4.89. The number of hydrogen-bond donors (Lipinski definition) is 1. The Morgan fingerprint density at radius 3 is 2.58 bits per heavy atom. The van der Waals surface area contributed by atoms with E-state index >= 15 is 0 Å². The summed E-state index contributed by atoms with van der Waals surface area (Å²) >= 11 is 0. The molecule has 1 saturated carbocycles. The predicted octanol–water partition coefficient (Wildman–Crippen LogP) is 3.09. The van der Waals surface area contributed by atoms with E-state index in [1.54, 1.807) is 6.92 Å². The quantitative estimate of drug-likeness (QED) is 0.902. The van der Waals surface area contributed by atoms with Crippen LogP contribution >= 0.6 is 12.4 Å². The van der Waals surface area contributed by atoms with Gasteiger partial charge < -0.3 is 20.1 Å². The van der Waals surface area contributed by atoms with Crippen molar-refractivity contribution >= 4 is 18.3 Å². The third-order valence-electron chi connectivity index (χ3n) is 4.89. The largest absolute Gasteiger partial charge is 0.454 e. The molecule has 1 aliphatic heterocycles. The Balaban J connectivity index is 0.00000208. The molecule has 0 spiro atoms. The Hall–Kier alpha value is -1.46. The van der Waals surface area contributed by atoms with Gasteiger partial charge in [0.1, 0.15) is 0 Å². The molecule has 1 atom stereocenters. The minimum Gasteiger partial charge on any atom is -0.454 e. The monoisotopic (exact) mass is 354 g/mol. The molecule has 5 nitrogen and oxygen atoms in total. The highest BCUT2D eigenvalue weighted by Gasteiger charge is 2.29. The van der Waals surface area contributed by atoms with Crippen LogP contribution in [0.5, 0.6) is 11.5 Å². The summed E-state index contributed by atoms with van der Waals surface area (Å²) in [7, 11) is 0. The van der Waals surface area contributed by atoms with Crippen LogP contribution in [0.4, 0.5) is 0 Å². The van der Waals surface area contributed by atoms with E-state index in [1.807, 2.05) is 23.1 Å². The van der Waals surface area contributed by atoms with E-state index in [2.05, 4.69) is 6.92 Å². The van der Waals surface area contributed by atoms with Crippen LogP contribution in [0.25, 0.3) is 0 Å². The number of rotatable bonds is 4. The van der Waals surface area contributed by atoms with Crippen LogP contribution in [-0.4, -0.2) is 29.7 Å². The van der Waals surface area contributed by atoms with E-state index in [4.69, 9.17) is 15.2 Å². The molecule has 134 valence electrons. The van der Waals surface area contributed by atoms with Gasteiger partial charge in [0, 0.05) is 12.6 Å². The Bertz CT molecular complexity index is 571. The third kappa shape index (κ3) is 4.14. The van der Waals surface area contributed by atoms with Crippen molar-refractivity contribution in [1.29, 1.82) is 0 Å². The van der Waals surface area contributed by atoms with E-state index in [0.717, 1.165) is 35.8 Å². The zero-order valence-corrected chi connectivity index (χ0v) is 15.2. The summed E-state index contributed by atoms with van der Waals surface area (Å²) < 4.78 is 10.8. The average molecular weight is 355 g/mol. The van der Waals surface area contributed by atoms with Gasteiger partial charge in [-0.3, -0.25) is 4.79 Å². The van der Waals surface area contributed by atoms with Gasteiger partial charge in [0.2, 0.25) is 12.7 Å². The SMILES string of the molecule is CC1CCC(N(Cc2ccc3c(c2)OCO3)C(=O)[C@H](C)N)CC1.Cl. The van der Waals surface area contributed by atoms with Crippen molar-refractivity contribution < 1.29 is 14.3 Å². The Kier molecular flexibility index (Phi) is 6.35. The molecule has 1 amide bonds. The highest BCUT2D eigenvalue weighted by molar-refractivity contribution is 5.85. The maximum absolute atomic E-state index is 12.6. The summed E-state index contributed by atoms with van der Waals surface area (Å²) in [6.07, 6.45) is 4.47. The summed E-state index contributed by atoms with van der Waals surface area (Å²) in [4.78, 5) is 14.6. The number of amides is 1. The van der Waals surface area contributed by atoms with Gasteiger partial charge >= 0.3 is 0 Å². The van der Waals surface area contributed by atoms with Crippen molar-refractivity contribution in [2.75, 3.05) is 6.79 Å². The van der Waals surface area contributed by atoms with Crippen LogP contribution in [0, 0.1) is 5.92 Å². The molecule has 0 unspecified atom stereocenters. The molecule has 1 aromatic rings. The van der Waals surface area contributed by atoms with Gasteiger partial charge in [-0.2, -0.15) is 0 Å². The second-order valence-electron chi connectivity index (χ2n) is 6.86. The summed E-state index contributed by atoms with van der Waals surface area (Å²) in [5, 5.41) is 0. The average Bonchev–Trinajstić information content (AvgIpc) is 3.00. The first-order valence-corrected chi connectivity index (χ1v) is 8.49. The van der Waals surface area contributed by atoms with Crippen molar-refractivity contribution in [3.63, 3.8) is 0 Å². The maximum atomic E-state index is 12.6. The lowest BCUT2D eigenvalue weighted by Gasteiger charge is -2.37. The van der Waals surface area contributed by atoms with E-state index in [0.29, 0.717) is 6.54 Å². The Labute approximate surface area is 149 Å². The molecule has 1 fully saturated rings. The molecule has 0 bridgehead atoms. The lowest BCUT2D eigenvalue weighted by atomic mass is 9.86. The van der Waals surface area contributed by atoms with Gasteiger partial charge in [-0.05, 0) is 56.2 Å². The fourth-order valence-electron chi connectivity index (χ4n) is 3.44. The van der Waals surface area contributed by atoms with E-state index in [-0.39, 0.29) is 31.1 Å². The van der Waals surface area contributed by atoms with Crippen LogP contribution in [0.3, 0.4) is 0 Å². The van der Waals surface area contributed by atoms with E-state index in [9.17, 15) is 4.79 Å². The summed E-state index contributed by atoms with van der Waals surface area (Å²) in [5.74, 6) is 2.31. The van der Waals surface area contributed by atoms with Crippen molar-refractivity contribution in [2.24, 2.45) is 11.7 Å². The number of ether oxygens (including phenoxy) is 2. The number of fused-ring (bicyclic) bond motifs is 1. The molecule has 1 aliphatic carbocycles. The second-order valence-corrected chi connectivity index (χ2v) is 6.86. The highest BCUT2D eigenvalue weighted by atomic mass is 35.5. The molecule has 1 aromatic carbocycles. The third-order valence-corrected chi connectivity index (χ3v) is 4.89. The van der Waals surface area contributed by atoms with Crippen LogP contribution < -0.4 is 15.2 Å². The lowest BCUT2D eigenvalue weighted by molar-refractivity contribution is -0.136. The predicted molar refractivity (Wildman–Crippen MR) is 95.4 cm³/mol. The van der Waals surface area contributed by atoms with Crippen molar-refractivity contribution in [2.45, 2.75) is 58.2 Å². The number of nitrogens with zero attached hydrogens (tertiary/aromatic N) is 1. The molecule has 0 radical (unpaired) electrons. The smallest absolute Gasteiger partial charge is 0.239 e. The number of benzene rings is 1. The maximum Gasteiger partial charge on any atom is 0.239 e. The fourth-order valence-corrected chi connectivity index (χ4v) is 3.44. The zero-order valence-electron chi connectivity index (χ0n) is 14.4. The van der Waals surface area contributed by atoms with Crippen LogP contribution in [0.2, 0.25) is 0 Å². The molecule has 0 saturated heterocycles. The standard InChI is InChI=1S/C18H26N2O3.ClH/c1-12-3-6-15(7-4-12)20(18(21)13(2)19)10-14-5-8-16-17(9-14)23-11-22-16;/h5,8-9,12-13,15H,3-4,6-7,10-11,19H2,1-2H3;1H/t12?,13-,15?;/m0./s1. The molecule has 6 heteroatoms. The van der Waals surface area contributed by atoms with Crippen molar-refractivity contribution in [3.8, 4) is 11.5 Å². The first-order chi connectivity index (χ1) is 11.0. The molecule has 1 heterocycles. The number of halogens is 1. The first-order valence-electron chi connectivity index (χ1n) is 8.49. The Morgan fingerprint density at radius 1 is 1.25 bits per heavy atom. The van der Waals surface area contributed by atoms with Crippen LogP contribution in [0.1, 0.15) is 45.1 Å². The van der Waals surface area contributed by atoms with Crippen molar-refractivity contribution in [1.82, 2.24) is 4.90 Å². The molecule has 24 heavy (non-hydrogen) atoms. The molecule has 2 N–H and O–H groups in total. The number of hydrogen-bond acceptors (Lipinski definition) is 4. The molecular formula is C18H27ClN2O3. The molecule has 0 aromatic heterocycles. The van der Waals surface area contributed by atoms with Gasteiger partial charge in [-0.1, -0.05) is 13.0 Å². The van der Waals surface area contributed by atoms with E-state index in [1.165, 1.54) is 12.8 Å². The van der Waals surface area contributed by atoms with Gasteiger partial charge in [-0.15, -0.1) is 12.4 Å². The number of nitrogens with two attached hydrogens (primary N) is 1. The molecule has 3 rings (SSSR count). The lowest BCUT2D eigenvalue weighted by Crippen LogP contribution is -2.48. The molecular weight excluding hydrogens is 328 g/mol. The van der Waals surface area contributed by atoms with Gasteiger partial charge in [0.25, 0.3) is 0 Å². The minimum atomic E-state index is -0.469. The summed E-state index contributed by atoms with van der Waals surface area (Å²) in [6, 6.07) is 5.70. The topological polar surface area (TPSA) is 64.8 Å². The van der Waals surface area contributed by atoms with Crippen LogP contribution in [-0.2, 0) is 11.3 Å². The number of carbonyl (C=O) groups excluding carboxylic acids is 1. The fraction of sp³-hybridized carbons (Fsp3) is 0.611. The zero-order chi connectivity index (χ0) is 16.4. The number of carbonyl (C=O) groups is 1. The molecule has 2 aliphatic rings. The minimum absolute atomic E-state index is 0. The summed E-state index contributed by atoms with van der Waals surface area (Å²) in [5.41, 5.74) is 6.94. The van der Waals surface area contributed by atoms with Crippen LogP contribution in [0.15, 0.2) is 18.2 Å². The second kappa shape index (κ2) is 8.08. The first kappa shape index (κ1) is 18.9. The van der Waals surface area contributed by atoms with Gasteiger partial charge in [0.15, 0.2) is 11.5 Å². The van der Waals surface area contributed by atoms with Gasteiger partial charge in [-0.25, -0.2) is 0 Å².